The Bertz CT molecular complexity index is 2820. The van der Waals surface area contributed by atoms with Gasteiger partial charge in [-0.15, -0.1) is 0 Å². The molecule has 0 radical (unpaired) electrons. The Morgan fingerprint density at radius 3 is 0.862 bits per heavy atom. The third-order valence-corrected chi connectivity index (χ3v) is 11.1. The second kappa shape index (κ2) is 14.7. The molecule has 0 aromatic heterocycles. The summed E-state index contributed by atoms with van der Waals surface area (Å²) in [4.78, 5) is 4.71. The molecule has 0 atom stereocenters. The molecule has 10 aromatic carbocycles. The van der Waals surface area contributed by atoms with Gasteiger partial charge in [-0.05, 0) is 129 Å². The second-order valence-electron chi connectivity index (χ2n) is 14.7. The first-order valence-electron chi connectivity index (χ1n) is 19.6. The van der Waals surface area contributed by atoms with Crippen LogP contribution >= 0.6 is 0 Å². The molecule has 58 heavy (non-hydrogen) atoms. The largest absolute Gasteiger partial charge is 0.399 e. The number of hydrogen-bond acceptors (Lipinski definition) is 4. The summed E-state index contributed by atoms with van der Waals surface area (Å²) in [5.74, 6) is 0. The molecule has 0 amide bonds. The number of nitrogens with zero attached hydrogens (tertiary/aromatic N) is 2. The predicted octanol–water partition coefficient (Wildman–Crippen LogP) is 14.6. The summed E-state index contributed by atoms with van der Waals surface area (Å²) in [5, 5.41) is 6.97. The van der Waals surface area contributed by atoms with Gasteiger partial charge in [0.1, 0.15) is 0 Å². The third-order valence-electron chi connectivity index (χ3n) is 11.1. The number of benzene rings is 10. The van der Waals surface area contributed by atoms with Crippen LogP contribution in [0, 0.1) is 0 Å². The highest BCUT2D eigenvalue weighted by Gasteiger charge is 2.22. The van der Waals surface area contributed by atoms with Crippen LogP contribution in [0.1, 0.15) is 0 Å². The van der Waals surface area contributed by atoms with Gasteiger partial charge in [0.2, 0.25) is 0 Å². The predicted molar refractivity (Wildman–Crippen MR) is 248 cm³/mol. The van der Waals surface area contributed by atoms with E-state index in [1.54, 1.807) is 0 Å². The summed E-state index contributed by atoms with van der Waals surface area (Å²) in [5.41, 5.74) is 25.0. The maximum atomic E-state index is 6.25. The van der Waals surface area contributed by atoms with Crippen molar-refractivity contribution < 1.29 is 0 Å². The van der Waals surface area contributed by atoms with E-state index >= 15 is 0 Å². The van der Waals surface area contributed by atoms with E-state index in [1.165, 1.54) is 43.8 Å². The molecule has 0 saturated carbocycles. The van der Waals surface area contributed by atoms with Crippen molar-refractivity contribution in [3.8, 4) is 22.3 Å². The summed E-state index contributed by atoms with van der Waals surface area (Å²) in [7, 11) is 0. The molecule has 0 fully saturated rings. The highest BCUT2D eigenvalue weighted by atomic mass is 15.2. The van der Waals surface area contributed by atoms with Crippen LogP contribution in [0.4, 0.5) is 45.5 Å². The zero-order valence-corrected chi connectivity index (χ0v) is 31.8. The molecule has 4 nitrogen and oxygen atoms in total. The molecule has 10 rings (SSSR count). The Labute approximate surface area is 338 Å². The van der Waals surface area contributed by atoms with Crippen molar-refractivity contribution in [3.63, 3.8) is 0 Å². The van der Waals surface area contributed by atoms with Crippen LogP contribution in [0.3, 0.4) is 0 Å². The smallest absolute Gasteiger partial charge is 0.0546 e. The van der Waals surface area contributed by atoms with Crippen molar-refractivity contribution in [2.24, 2.45) is 0 Å². The van der Waals surface area contributed by atoms with Gasteiger partial charge >= 0.3 is 0 Å². The average Bonchev–Trinajstić information content (AvgIpc) is 3.29. The number of fused-ring (bicyclic) bond motifs is 5. The van der Waals surface area contributed by atoms with E-state index in [0.717, 1.165) is 56.3 Å². The summed E-state index contributed by atoms with van der Waals surface area (Å²) >= 11 is 0. The van der Waals surface area contributed by atoms with E-state index in [0.29, 0.717) is 0 Å². The summed E-state index contributed by atoms with van der Waals surface area (Å²) in [6.45, 7) is 0. The maximum absolute atomic E-state index is 6.25. The van der Waals surface area contributed by atoms with Crippen LogP contribution in [0.25, 0.3) is 54.6 Å². The van der Waals surface area contributed by atoms with Gasteiger partial charge in [-0.2, -0.15) is 0 Å². The monoisotopic (exact) mass is 744 g/mol. The molecular weight excluding hydrogens is 705 g/mol. The SMILES string of the molecule is Nc1ccc(N(c2ccc(-c3ccccc3)cc2)c2cc3c4ccccc4c(N(c4ccc(N)cc4)c4ccc(-c5ccccc5)cc4)cc3c3ccccc23)cc1. The van der Waals surface area contributed by atoms with E-state index in [9.17, 15) is 0 Å². The molecule has 0 aliphatic carbocycles. The topological polar surface area (TPSA) is 58.5 Å². The standard InChI is InChI=1S/C54H40N4/c55-41-23-31-45(32-24-41)57(43-27-19-39(20-28-43)37-11-3-1-4-12-37)53-35-51-48-16-8-10-18-50(48)54(36-52(51)47-15-7-9-17-49(47)53)58(46-33-25-42(56)26-34-46)44-29-21-40(22-30-44)38-13-5-2-6-14-38/h1-36H,55-56H2. The first kappa shape index (κ1) is 34.7. The van der Waals surface area contributed by atoms with Crippen molar-refractivity contribution in [3.05, 3.63) is 218 Å². The zero-order chi connectivity index (χ0) is 39.0. The molecule has 0 unspecified atom stereocenters. The van der Waals surface area contributed by atoms with Crippen LogP contribution in [0.15, 0.2) is 218 Å². The van der Waals surface area contributed by atoms with E-state index in [4.69, 9.17) is 11.5 Å². The first-order chi connectivity index (χ1) is 28.6. The first-order valence-corrected chi connectivity index (χ1v) is 19.6. The van der Waals surface area contributed by atoms with Crippen LogP contribution in [-0.4, -0.2) is 0 Å². The van der Waals surface area contributed by atoms with Crippen molar-refractivity contribution in [1.29, 1.82) is 0 Å². The fourth-order valence-electron chi connectivity index (χ4n) is 8.25. The minimum Gasteiger partial charge on any atom is -0.399 e. The highest BCUT2D eigenvalue weighted by Crippen LogP contribution is 2.48. The number of anilines is 8. The summed E-state index contributed by atoms with van der Waals surface area (Å²) in [6, 6.07) is 77.3. The van der Waals surface area contributed by atoms with Crippen LogP contribution < -0.4 is 21.3 Å². The van der Waals surface area contributed by atoms with Crippen molar-refractivity contribution in [2.45, 2.75) is 0 Å². The van der Waals surface area contributed by atoms with E-state index in [-0.39, 0.29) is 0 Å². The minimum atomic E-state index is 0.727. The van der Waals surface area contributed by atoms with Gasteiger partial charge in [0, 0.05) is 44.9 Å². The fourth-order valence-corrected chi connectivity index (χ4v) is 8.25. The molecule has 4 heteroatoms. The van der Waals surface area contributed by atoms with Gasteiger partial charge in [0.15, 0.2) is 0 Å². The molecule has 0 aliphatic rings. The van der Waals surface area contributed by atoms with Gasteiger partial charge in [-0.25, -0.2) is 0 Å². The van der Waals surface area contributed by atoms with Gasteiger partial charge in [0.25, 0.3) is 0 Å². The van der Waals surface area contributed by atoms with E-state index < -0.39 is 0 Å². The Morgan fingerprint density at radius 1 is 0.241 bits per heavy atom. The fraction of sp³-hybridized carbons (Fsp3) is 0. The lowest BCUT2D eigenvalue weighted by Gasteiger charge is -2.30. The Balaban J connectivity index is 1.20. The van der Waals surface area contributed by atoms with Crippen LogP contribution in [-0.2, 0) is 0 Å². The molecule has 276 valence electrons. The lowest BCUT2D eigenvalue weighted by atomic mass is 9.93. The normalized spacial score (nSPS) is 11.2. The maximum Gasteiger partial charge on any atom is 0.0546 e. The average molecular weight is 745 g/mol. The second-order valence-corrected chi connectivity index (χ2v) is 14.7. The number of nitrogen functional groups attached to an aromatic ring is 2. The number of nitrogens with two attached hydrogens (primary N) is 2. The number of hydrogen-bond donors (Lipinski definition) is 2. The molecule has 0 heterocycles. The quantitative estimate of drug-likeness (QED) is 0.120. The van der Waals surface area contributed by atoms with E-state index in [1.807, 2.05) is 24.3 Å². The van der Waals surface area contributed by atoms with Crippen molar-refractivity contribution in [2.75, 3.05) is 21.3 Å². The van der Waals surface area contributed by atoms with Gasteiger partial charge in [-0.1, -0.05) is 133 Å². The molecule has 0 spiro atoms. The van der Waals surface area contributed by atoms with Crippen LogP contribution in [0.5, 0.6) is 0 Å². The van der Waals surface area contributed by atoms with Gasteiger partial charge < -0.3 is 21.3 Å². The molecule has 4 N–H and O–H groups in total. The molecule has 0 aliphatic heterocycles. The van der Waals surface area contributed by atoms with Gasteiger partial charge in [0.05, 0.1) is 11.4 Å². The molecular formula is C54H40N4. The Kier molecular flexibility index (Phi) is 8.77. The zero-order valence-electron chi connectivity index (χ0n) is 31.8. The third kappa shape index (κ3) is 6.33. The highest BCUT2D eigenvalue weighted by molar-refractivity contribution is 6.24. The minimum absolute atomic E-state index is 0.727. The number of rotatable bonds is 8. The molecule has 0 saturated heterocycles. The van der Waals surface area contributed by atoms with Gasteiger partial charge in [-0.3, -0.25) is 0 Å². The Morgan fingerprint density at radius 2 is 0.517 bits per heavy atom. The lowest BCUT2D eigenvalue weighted by molar-refractivity contribution is 1.30. The molecule has 10 aromatic rings. The van der Waals surface area contributed by atoms with Crippen molar-refractivity contribution >= 4 is 77.8 Å². The lowest BCUT2D eigenvalue weighted by Crippen LogP contribution is -2.12. The Hall–Kier alpha value is -7.82. The van der Waals surface area contributed by atoms with E-state index in [2.05, 4.69) is 204 Å². The van der Waals surface area contributed by atoms with Crippen LogP contribution in [0.2, 0.25) is 0 Å². The summed E-state index contributed by atoms with van der Waals surface area (Å²) < 4.78 is 0. The summed E-state index contributed by atoms with van der Waals surface area (Å²) in [6.07, 6.45) is 0. The van der Waals surface area contributed by atoms with Crippen molar-refractivity contribution in [1.82, 2.24) is 0 Å². The molecule has 0 bridgehead atoms.